The average molecular weight is 601 g/mol. The van der Waals surface area contributed by atoms with Gasteiger partial charge >= 0.3 is 0 Å². The average Bonchev–Trinajstić information content (AvgIpc) is 3.77. The quantitative estimate of drug-likeness (QED) is 0.117. The number of aldehydes is 2. The molecule has 2 heterocycles. The first kappa shape index (κ1) is 29.3. The third-order valence-corrected chi connectivity index (χ3v) is 6.89. The molecule has 0 aliphatic heterocycles. The predicted molar refractivity (Wildman–Crippen MR) is 165 cm³/mol. The molecule has 0 bridgehead atoms. The maximum absolute atomic E-state index is 11.0. The summed E-state index contributed by atoms with van der Waals surface area (Å²) >= 11 is 0. The van der Waals surface area contributed by atoms with Crippen molar-refractivity contribution in [2.45, 2.75) is 26.4 Å². The summed E-state index contributed by atoms with van der Waals surface area (Å²) in [6.45, 7) is 1.15. The number of carbonyl (C=O) groups excluding carboxylic acids is 2. The van der Waals surface area contributed by atoms with Crippen LogP contribution in [0.3, 0.4) is 0 Å². The summed E-state index contributed by atoms with van der Waals surface area (Å²) in [6, 6.07) is 33.3. The molecule has 4 aromatic carbocycles. The molecular weight excluding hydrogens is 572 g/mol. The molecule has 0 saturated heterocycles. The fourth-order valence-electron chi connectivity index (χ4n) is 4.58. The predicted octanol–water partition coefficient (Wildman–Crippen LogP) is 7.50. The molecule has 6 aromatic rings. The number of aromatic nitrogens is 2. The van der Waals surface area contributed by atoms with Crippen molar-refractivity contribution in [1.82, 2.24) is 10.3 Å². The van der Waals surface area contributed by atoms with E-state index in [2.05, 4.69) is 10.3 Å². The fourth-order valence-corrected chi connectivity index (χ4v) is 4.58. The van der Waals surface area contributed by atoms with Crippen LogP contribution in [0.2, 0.25) is 0 Å². The standard InChI is InChI=1S/C36H28N2O7/c39-19-25-3-1-5-27(15-25)21-42-31-11-7-29(8-12-31)35-17-33(44-37-35)23-41-24-34-18-36(38-45-34)30-9-13-32(14-10-30)43-22-28-6-2-4-26(16-28)20-40/h1-20H,21-24H2. The Hall–Kier alpha value is -5.80. The maximum atomic E-state index is 11.0. The van der Waals surface area contributed by atoms with Crippen molar-refractivity contribution in [3.63, 3.8) is 0 Å². The zero-order chi connectivity index (χ0) is 30.8. The second-order valence-electron chi connectivity index (χ2n) is 10.2. The van der Waals surface area contributed by atoms with Gasteiger partial charge in [0.25, 0.3) is 0 Å². The zero-order valence-corrected chi connectivity index (χ0v) is 24.1. The molecular formula is C36H28N2O7. The Balaban J connectivity index is 0.960. The number of carbonyl (C=O) groups is 2. The highest BCUT2D eigenvalue weighted by atomic mass is 16.5. The molecule has 0 radical (unpaired) electrons. The smallest absolute Gasteiger partial charge is 0.163 e. The Bertz CT molecular complexity index is 1740. The molecule has 0 fully saturated rings. The number of nitrogens with zero attached hydrogens (tertiary/aromatic N) is 2. The first-order chi connectivity index (χ1) is 22.1. The van der Waals surface area contributed by atoms with E-state index in [0.717, 1.165) is 34.8 Å². The van der Waals surface area contributed by atoms with Crippen LogP contribution in [0, 0.1) is 0 Å². The van der Waals surface area contributed by atoms with Gasteiger partial charge in [-0.3, -0.25) is 9.59 Å². The van der Waals surface area contributed by atoms with E-state index in [1.165, 1.54) is 0 Å². The highest BCUT2D eigenvalue weighted by Crippen LogP contribution is 2.25. The molecule has 45 heavy (non-hydrogen) atoms. The van der Waals surface area contributed by atoms with Crippen molar-refractivity contribution in [3.05, 3.63) is 143 Å². The van der Waals surface area contributed by atoms with Gasteiger partial charge in [0.15, 0.2) is 11.5 Å². The number of ether oxygens (including phenoxy) is 3. The third-order valence-electron chi connectivity index (χ3n) is 6.89. The van der Waals surface area contributed by atoms with Gasteiger partial charge in [-0.2, -0.15) is 0 Å². The summed E-state index contributed by atoms with van der Waals surface area (Å²) in [7, 11) is 0. The lowest BCUT2D eigenvalue weighted by atomic mass is 10.1. The third kappa shape index (κ3) is 7.78. The molecule has 9 heteroatoms. The van der Waals surface area contributed by atoms with Crippen molar-refractivity contribution in [3.8, 4) is 34.0 Å². The van der Waals surface area contributed by atoms with Crippen LogP contribution < -0.4 is 9.47 Å². The molecule has 0 saturated carbocycles. The van der Waals surface area contributed by atoms with Crippen molar-refractivity contribution in [1.29, 1.82) is 0 Å². The van der Waals surface area contributed by atoms with E-state index in [1.54, 1.807) is 24.3 Å². The molecule has 0 spiro atoms. The molecule has 0 aliphatic carbocycles. The number of hydrogen-bond acceptors (Lipinski definition) is 9. The van der Waals surface area contributed by atoms with E-state index in [0.29, 0.717) is 58.7 Å². The number of rotatable bonds is 14. The van der Waals surface area contributed by atoms with Crippen LogP contribution in [-0.2, 0) is 31.2 Å². The molecule has 9 nitrogen and oxygen atoms in total. The van der Waals surface area contributed by atoms with E-state index in [9.17, 15) is 9.59 Å². The summed E-state index contributed by atoms with van der Waals surface area (Å²) < 4.78 is 28.4. The van der Waals surface area contributed by atoms with Gasteiger partial charge < -0.3 is 23.3 Å². The van der Waals surface area contributed by atoms with E-state index in [-0.39, 0.29) is 13.2 Å². The largest absolute Gasteiger partial charge is 0.489 e. The van der Waals surface area contributed by atoms with Gasteiger partial charge in [0.1, 0.15) is 61.9 Å². The van der Waals surface area contributed by atoms with Crippen molar-refractivity contribution < 1.29 is 32.8 Å². The SMILES string of the molecule is O=Cc1cccc(COc2ccc(-c3cc(COCc4cc(-c5ccc(OCc6cccc(C=O)c6)cc5)no4)on3)cc2)c1. The van der Waals surface area contributed by atoms with Crippen LogP contribution in [0.4, 0.5) is 0 Å². The van der Waals surface area contributed by atoms with E-state index in [4.69, 9.17) is 23.3 Å². The molecule has 0 aliphatic rings. The van der Waals surface area contributed by atoms with Gasteiger partial charge in [0, 0.05) is 34.4 Å². The molecule has 0 amide bonds. The Morgan fingerprint density at radius 1 is 0.533 bits per heavy atom. The van der Waals surface area contributed by atoms with Gasteiger partial charge in [0.05, 0.1) is 0 Å². The van der Waals surface area contributed by atoms with Gasteiger partial charge in [-0.15, -0.1) is 0 Å². The van der Waals surface area contributed by atoms with E-state index >= 15 is 0 Å². The first-order valence-electron chi connectivity index (χ1n) is 14.2. The summed E-state index contributed by atoms with van der Waals surface area (Å²) in [5, 5.41) is 8.31. The van der Waals surface area contributed by atoms with Crippen molar-refractivity contribution in [2.75, 3.05) is 0 Å². The first-order valence-corrected chi connectivity index (χ1v) is 14.2. The molecule has 6 rings (SSSR count). The van der Waals surface area contributed by atoms with Crippen LogP contribution in [0.25, 0.3) is 22.5 Å². The monoisotopic (exact) mass is 600 g/mol. The van der Waals surface area contributed by atoms with Crippen LogP contribution in [0.5, 0.6) is 11.5 Å². The Labute approximate surface area is 259 Å². The van der Waals surface area contributed by atoms with Crippen LogP contribution in [0.15, 0.2) is 118 Å². The Kier molecular flexibility index (Phi) is 9.18. The molecule has 0 unspecified atom stereocenters. The topological polar surface area (TPSA) is 114 Å². The van der Waals surface area contributed by atoms with Crippen molar-refractivity contribution >= 4 is 12.6 Å². The normalized spacial score (nSPS) is 10.8. The lowest BCUT2D eigenvalue weighted by molar-refractivity contribution is 0.0727. The summed E-state index contributed by atoms with van der Waals surface area (Å²) in [6.07, 6.45) is 1.64. The molecule has 2 aromatic heterocycles. The van der Waals surface area contributed by atoms with Gasteiger partial charge in [-0.05, 0) is 71.8 Å². The molecule has 224 valence electrons. The molecule has 0 N–H and O–H groups in total. The van der Waals surface area contributed by atoms with Gasteiger partial charge in [-0.1, -0.05) is 46.7 Å². The van der Waals surface area contributed by atoms with E-state index < -0.39 is 0 Å². The zero-order valence-electron chi connectivity index (χ0n) is 24.1. The van der Waals surface area contributed by atoms with Crippen molar-refractivity contribution in [2.24, 2.45) is 0 Å². The molecule has 0 atom stereocenters. The minimum absolute atomic E-state index is 0.214. The fraction of sp³-hybridized carbons (Fsp3) is 0.111. The highest BCUT2D eigenvalue weighted by molar-refractivity contribution is 5.75. The lowest BCUT2D eigenvalue weighted by Crippen LogP contribution is -1.96. The maximum Gasteiger partial charge on any atom is 0.163 e. The number of benzene rings is 4. The van der Waals surface area contributed by atoms with Gasteiger partial charge in [-0.25, -0.2) is 0 Å². The Morgan fingerprint density at radius 2 is 0.978 bits per heavy atom. The second kappa shape index (κ2) is 14.1. The summed E-state index contributed by atoms with van der Waals surface area (Å²) in [5.74, 6) is 2.56. The van der Waals surface area contributed by atoms with Crippen LogP contribution in [0.1, 0.15) is 43.4 Å². The minimum Gasteiger partial charge on any atom is -0.489 e. The van der Waals surface area contributed by atoms with E-state index in [1.807, 2.05) is 84.9 Å². The lowest BCUT2D eigenvalue weighted by Gasteiger charge is -2.07. The minimum atomic E-state index is 0.214. The second-order valence-corrected chi connectivity index (χ2v) is 10.2. The Morgan fingerprint density at radius 3 is 1.40 bits per heavy atom. The summed E-state index contributed by atoms with van der Waals surface area (Å²) in [5.41, 5.74) is 6.20. The number of hydrogen-bond donors (Lipinski definition) is 0. The highest BCUT2D eigenvalue weighted by Gasteiger charge is 2.11. The van der Waals surface area contributed by atoms with Gasteiger partial charge in [0.2, 0.25) is 0 Å². The van der Waals surface area contributed by atoms with Crippen LogP contribution in [-0.4, -0.2) is 22.9 Å². The van der Waals surface area contributed by atoms with Crippen LogP contribution >= 0.6 is 0 Å². The summed E-state index contributed by atoms with van der Waals surface area (Å²) in [4.78, 5) is 21.9.